The van der Waals surface area contributed by atoms with Crippen LogP contribution in [-0.4, -0.2) is 10.1 Å². The van der Waals surface area contributed by atoms with Crippen molar-refractivity contribution in [1.29, 1.82) is 0 Å². The fourth-order valence-corrected chi connectivity index (χ4v) is 2.26. The summed E-state index contributed by atoms with van der Waals surface area (Å²) in [6.45, 7) is 4.03. The minimum atomic E-state index is 0.395. The number of anilines is 1. The molecule has 2 heterocycles. The summed E-state index contributed by atoms with van der Waals surface area (Å²) in [7, 11) is 0. The van der Waals surface area contributed by atoms with Crippen LogP contribution in [0.2, 0.25) is 0 Å². The maximum absolute atomic E-state index is 5.97. The smallest absolute Gasteiger partial charge is 0.178 e. The van der Waals surface area contributed by atoms with Crippen molar-refractivity contribution >= 4 is 5.82 Å². The van der Waals surface area contributed by atoms with Gasteiger partial charge >= 0.3 is 0 Å². The molecule has 0 aliphatic carbocycles. The lowest BCUT2D eigenvalue weighted by atomic mass is 10.0. The Balaban J connectivity index is 2.20. The molecule has 2 aromatic heterocycles. The van der Waals surface area contributed by atoms with E-state index in [2.05, 4.69) is 16.2 Å². The molecule has 2 N–H and O–H groups in total. The van der Waals surface area contributed by atoms with Crippen LogP contribution >= 0.6 is 0 Å². The van der Waals surface area contributed by atoms with Gasteiger partial charge in [-0.05, 0) is 31.0 Å². The molecule has 4 nitrogen and oxygen atoms in total. The first kappa shape index (κ1) is 12.4. The largest absolute Gasteiger partial charge is 0.380 e. The molecule has 0 fully saturated rings. The van der Waals surface area contributed by atoms with Gasteiger partial charge in [-0.3, -0.25) is 4.98 Å². The van der Waals surface area contributed by atoms with Crippen molar-refractivity contribution in [3.05, 3.63) is 53.9 Å². The second kappa shape index (κ2) is 4.81. The van der Waals surface area contributed by atoms with E-state index in [9.17, 15) is 0 Å². The van der Waals surface area contributed by atoms with Gasteiger partial charge in [-0.1, -0.05) is 35.0 Å². The highest BCUT2D eigenvalue weighted by Crippen LogP contribution is 2.36. The maximum atomic E-state index is 5.97. The Hall–Kier alpha value is -2.62. The summed E-state index contributed by atoms with van der Waals surface area (Å²) in [6.07, 6.45) is 3.56. The number of rotatable bonds is 2. The first-order valence-electron chi connectivity index (χ1n) is 6.39. The van der Waals surface area contributed by atoms with Crippen LogP contribution in [0.4, 0.5) is 5.82 Å². The third kappa shape index (κ3) is 2.16. The number of benzene rings is 1. The number of nitrogens with two attached hydrogens (primary N) is 1. The van der Waals surface area contributed by atoms with Gasteiger partial charge in [-0.15, -0.1) is 0 Å². The molecule has 0 aliphatic heterocycles. The SMILES string of the molecule is Cc1cncc(-c2onc(N)c2-c2cccc(C)c2)c1. The van der Waals surface area contributed by atoms with E-state index in [1.165, 1.54) is 0 Å². The predicted molar refractivity (Wildman–Crippen MR) is 79.1 cm³/mol. The van der Waals surface area contributed by atoms with Crippen molar-refractivity contribution in [2.45, 2.75) is 13.8 Å². The third-order valence-electron chi connectivity index (χ3n) is 3.16. The van der Waals surface area contributed by atoms with Crippen LogP contribution in [0.25, 0.3) is 22.5 Å². The van der Waals surface area contributed by atoms with Crippen LogP contribution in [-0.2, 0) is 0 Å². The highest BCUT2D eigenvalue weighted by atomic mass is 16.5. The molecule has 0 amide bonds. The molecule has 0 radical (unpaired) electrons. The van der Waals surface area contributed by atoms with Crippen LogP contribution in [0.5, 0.6) is 0 Å². The minimum absolute atomic E-state index is 0.395. The molecular weight excluding hydrogens is 250 g/mol. The van der Waals surface area contributed by atoms with Gasteiger partial charge in [0.05, 0.1) is 5.56 Å². The molecule has 1 aromatic carbocycles. The highest BCUT2D eigenvalue weighted by Gasteiger charge is 2.18. The van der Waals surface area contributed by atoms with E-state index >= 15 is 0 Å². The summed E-state index contributed by atoms with van der Waals surface area (Å²) < 4.78 is 5.42. The summed E-state index contributed by atoms with van der Waals surface area (Å²) in [4.78, 5) is 4.19. The van der Waals surface area contributed by atoms with Gasteiger partial charge < -0.3 is 10.3 Å². The Morgan fingerprint density at radius 2 is 1.80 bits per heavy atom. The molecule has 0 saturated heterocycles. The Morgan fingerprint density at radius 1 is 1.00 bits per heavy atom. The third-order valence-corrected chi connectivity index (χ3v) is 3.16. The minimum Gasteiger partial charge on any atom is -0.380 e. The Morgan fingerprint density at radius 3 is 2.55 bits per heavy atom. The topological polar surface area (TPSA) is 64.9 Å². The molecule has 4 heteroatoms. The van der Waals surface area contributed by atoms with Crippen molar-refractivity contribution in [3.63, 3.8) is 0 Å². The first-order chi connectivity index (χ1) is 9.65. The van der Waals surface area contributed by atoms with E-state index in [0.29, 0.717) is 11.6 Å². The van der Waals surface area contributed by atoms with E-state index in [0.717, 1.165) is 27.8 Å². The zero-order valence-corrected chi connectivity index (χ0v) is 11.4. The Kier molecular flexibility index (Phi) is 2.99. The standard InChI is InChI=1S/C16H15N3O/c1-10-4-3-5-12(6-10)14-15(20-19-16(14)17)13-7-11(2)8-18-9-13/h3-9H,1-2H3,(H2,17,19). The summed E-state index contributed by atoms with van der Waals surface area (Å²) in [5.41, 5.74) is 10.9. The van der Waals surface area contributed by atoms with Gasteiger partial charge in [0.1, 0.15) is 0 Å². The molecular formula is C16H15N3O. The fraction of sp³-hybridized carbons (Fsp3) is 0.125. The average Bonchev–Trinajstić information content (AvgIpc) is 2.80. The van der Waals surface area contributed by atoms with Gasteiger partial charge in [-0.2, -0.15) is 0 Å². The summed E-state index contributed by atoms with van der Waals surface area (Å²) in [5.74, 6) is 1.05. The second-order valence-electron chi connectivity index (χ2n) is 4.89. The average molecular weight is 265 g/mol. The molecule has 0 spiro atoms. The van der Waals surface area contributed by atoms with Crippen LogP contribution < -0.4 is 5.73 Å². The summed E-state index contributed by atoms with van der Waals surface area (Å²) >= 11 is 0. The van der Waals surface area contributed by atoms with Crippen LogP contribution in [0.1, 0.15) is 11.1 Å². The monoisotopic (exact) mass is 265 g/mol. The molecule has 3 aromatic rings. The molecule has 3 rings (SSSR count). The second-order valence-corrected chi connectivity index (χ2v) is 4.89. The zero-order chi connectivity index (χ0) is 14.1. The van der Waals surface area contributed by atoms with Crippen molar-refractivity contribution in [3.8, 4) is 22.5 Å². The zero-order valence-electron chi connectivity index (χ0n) is 11.4. The molecule has 0 saturated carbocycles. The number of aryl methyl sites for hydroxylation is 2. The summed E-state index contributed by atoms with van der Waals surface area (Å²) in [6, 6.07) is 10.1. The Labute approximate surface area is 117 Å². The number of nitrogens with zero attached hydrogens (tertiary/aromatic N) is 2. The molecule has 100 valence electrons. The number of hydrogen-bond acceptors (Lipinski definition) is 4. The van der Waals surface area contributed by atoms with E-state index in [1.54, 1.807) is 12.4 Å². The van der Waals surface area contributed by atoms with E-state index < -0.39 is 0 Å². The van der Waals surface area contributed by atoms with Gasteiger partial charge in [0.15, 0.2) is 11.6 Å². The Bertz CT molecular complexity index is 762. The van der Waals surface area contributed by atoms with E-state index in [1.807, 2.05) is 38.1 Å². The van der Waals surface area contributed by atoms with Crippen molar-refractivity contribution in [2.24, 2.45) is 0 Å². The molecule has 0 bridgehead atoms. The first-order valence-corrected chi connectivity index (χ1v) is 6.39. The number of hydrogen-bond donors (Lipinski definition) is 1. The van der Waals surface area contributed by atoms with Crippen molar-refractivity contribution in [2.75, 3.05) is 5.73 Å². The van der Waals surface area contributed by atoms with Gasteiger partial charge in [-0.25, -0.2) is 0 Å². The summed E-state index contributed by atoms with van der Waals surface area (Å²) in [5, 5.41) is 3.90. The molecule has 20 heavy (non-hydrogen) atoms. The highest BCUT2D eigenvalue weighted by molar-refractivity contribution is 5.86. The van der Waals surface area contributed by atoms with Crippen molar-refractivity contribution in [1.82, 2.24) is 10.1 Å². The van der Waals surface area contributed by atoms with Crippen molar-refractivity contribution < 1.29 is 4.52 Å². The van der Waals surface area contributed by atoms with Crippen LogP contribution in [0.15, 0.2) is 47.2 Å². The number of aromatic nitrogens is 2. The normalized spacial score (nSPS) is 10.7. The van der Waals surface area contributed by atoms with E-state index in [-0.39, 0.29) is 0 Å². The van der Waals surface area contributed by atoms with E-state index in [4.69, 9.17) is 10.3 Å². The molecule has 0 aliphatic rings. The lowest BCUT2D eigenvalue weighted by molar-refractivity contribution is 0.436. The maximum Gasteiger partial charge on any atom is 0.178 e. The molecule has 0 atom stereocenters. The molecule has 0 unspecified atom stereocenters. The quantitative estimate of drug-likeness (QED) is 0.768. The van der Waals surface area contributed by atoms with Crippen LogP contribution in [0.3, 0.4) is 0 Å². The number of pyridine rings is 1. The lowest BCUT2D eigenvalue weighted by Crippen LogP contribution is -1.90. The van der Waals surface area contributed by atoms with Gasteiger partial charge in [0.25, 0.3) is 0 Å². The van der Waals surface area contributed by atoms with Gasteiger partial charge in [0.2, 0.25) is 0 Å². The van der Waals surface area contributed by atoms with Crippen LogP contribution in [0, 0.1) is 13.8 Å². The number of nitrogen functional groups attached to an aromatic ring is 1. The fourth-order valence-electron chi connectivity index (χ4n) is 2.26. The van der Waals surface area contributed by atoms with Gasteiger partial charge in [0, 0.05) is 18.0 Å². The lowest BCUT2D eigenvalue weighted by Gasteiger charge is -2.04. The predicted octanol–water partition coefficient (Wildman–Crippen LogP) is 3.60.